The van der Waals surface area contributed by atoms with Gasteiger partial charge in [-0.2, -0.15) is 0 Å². The molecule has 2 aliphatic rings. The summed E-state index contributed by atoms with van der Waals surface area (Å²) in [7, 11) is 0. The van der Waals surface area contributed by atoms with Crippen LogP contribution in [0.4, 0.5) is 10.5 Å². The van der Waals surface area contributed by atoms with E-state index in [0.717, 1.165) is 0 Å². The van der Waals surface area contributed by atoms with Crippen molar-refractivity contribution in [2.45, 2.75) is 31.9 Å². The van der Waals surface area contributed by atoms with Crippen LogP contribution in [0.1, 0.15) is 19.8 Å². The molecule has 2 aromatic rings. The average molecular weight is 407 g/mol. The maximum Gasteiger partial charge on any atom is 0.332 e. The van der Waals surface area contributed by atoms with Crippen LogP contribution in [0, 0.1) is 0 Å². The van der Waals surface area contributed by atoms with Gasteiger partial charge in [-0.25, -0.2) is 9.69 Å². The molecule has 2 fully saturated rings. The van der Waals surface area contributed by atoms with Crippen molar-refractivity contribution in [2.24, 2.45) is 0 Å². The van der Waals surface area contributed by atoms with Gasteiger partial charge in [0.05, 0.1) is 5.69 Å². The van der Waals surface area contributed by atoms with Crippen LogP contribution in [0.25, 0.3) is 0 Å². The summed E-state index contributed by atoms with van der Waals surface area (Å²) in [6, 6.07) is 17.9. The van der Waals surface area contributed by atoms with Crippen molar-refractivity contribution in [3.05, 3.63) is 60.7 Å². The van der Waals surface area contributed by atoms with Gasteiger partial charge in [0.1, 0.15) is 12.3 Å². The van der Waals surface area contributed by atoms with Crippen LogP contribution in [-0.2, 0) is 9.59 Å². The number of nitrogens with zero attached hydrogens (tertiary/aromatic N) is 3. The highest BCUT2D eigenvalue weighted by molar-refractivity contribution is 6.19. The predicted octanol–water partition coefficient (Wildman–Crippen LogP) is 2.91. The molecule has 4 amide bonds. The molecular weight excluding hydrogens is 382 g/mol. The van der Waals surface area contributed by atoms with Gasteiger partial charge in [0, 0.05) is 19.1 Å². The zero-order valence-electron chi connectivity index (χ0n) is 16.9. The molecule has 2 aliphatic heterocycles. The monoisotopic (exact) mass is 407 g/mol. The number of benzene rings is 2. The zero-order valence-corrected chi connectivity index (χ0v) is 16.9. The van der Waals surface area contributed by atoms with Gasteiger partial charge in [-0.05, 0) is 44.0 Å². The van der Waals surface area contributed by atoms with E-state index >= 15 is 0 Å². The molecule has 4 rings (SSSR count). The van der Waals surface area contributed by atoms with Crippen LogP contribution in [0.5, 0.6) is 5.75 Å². The van der Waals surface area contributed by atoms with E-state index in [1.54, 1.807) is 41.0 Å². The van der Waals surface area contributed by atoms with E-state index in [1.807, 2.05) is 36.4 Å². The van der Waals surface area contributed by atoms with E-state index in [4.69, 9.17) is 4.74 Å². The first-order chi connectivity index (χ1) is 14.5. The second-order valence-electron chi connectivity index (χ2n) is 7.60. The Kier molecular flexibility index (Phi) is 5.70. The molecule has 0 aromatic heterocycles. The highest BCUT2D eigenvalue weighted by atomic mass is 16.5. The SMILES string of the molecule is CC(Oc1ccccc1)C(=O)N1CCC(N2CC(=O)N(c3ccccc3)C2=O)CC1. The molecule has 1 unspecified atom stereocenters. The number of hydrogen-bond acceptors (Lipinski definition) is 4. The van der Waals surface area contributed by atoms with E-state index in [-0.39, 0.29) is 30.4 Å². The number of piperidine rings is 1. The molecule has 0 N–H and O–H groups in total. The fourth-order valence-corrected chi connectivity index (χ4v) is 4.04. The first-order valence-electron chi connectivity index (χ1n) is 10.2. The molecule has 0 radical (unpaired) electrons. The molecule has 30 heavy (non-hydrogen) atoms. The smallest absolute Gasteiger partial charge is 0.332 e. The summed E-state index contributed by atoms with van der Waals surface area (Å²) in [4.78, 5) is 42.7. The summed E-state index contributed by atoms with van der Waals surface area (Å²) in [5.74, 6) is 0.386. The molecule has 0 aliphatic carbocycles. The van der Waals surface area contributed by atoms with Crippen LogP contribution >= 0.6 is 0 Å². The van der Waals surface area contributed by atoms with Gasteiger partial charge in [0.25, 0.3) is 11.8 Å². The Morgan fingerprint density at radius 1 is 0.967 bits per heavy atom. The van der Waals surface area contributed by atoms with Gasteiger partial charge >= 0.3 is 6.03 Å². The number of para-hydroxylation sites is 2. The second-order valence-corrected chi connectivity index (χ2v) is 7.60. The summed E-state index contributed by atoms with van der Waals surface area (Å²) in [5.41, 5.74) is 0.592. The molecular formula is C23H25N3O4. The number of rotatable bonds is 5. The number of likely N-dealkylation sites (tertiary alicyclic amines) is 1. The Labute approximate surface area is 175 Å². The molecule has 0 saturated carbocycles. The highest BCUT2D eigenvalue weighted by Crippen LogP contribution is 2.26. The van der Waals surface area contributed by atoms with Crippen LogP contribution in [0.15, 0.2) is 60.7 Å². The Morgan fingerprint density at radius 2 is 1.57 bits per heavy atom. The lowest BCUT2D eigenvalue weighted by atomic mass is 10.0. The summed E-state index contributed by atoms with van der Waals surface area (Å²) in [5, 5.41) is 0. The van der Waals surface area contributed by atoms with Crippen LogP contribution in [0.3, 0.4) is 0 Å². The largest absolute Gasteiger partial charge is 0.481 e. The van der Waals surface area contributed by atoms with Crippen molar-refractivity contribution in [2.75, 3.05) is 24.5 Å². The Hall–Kier alpha value is -3.35. The van der Waals surface area contributed by atoms with Gasteiger partial charge in [-0.15, -0.1) is 0 Å². The van der Waals surface area contributed by atoms with Crippen molar-refractivity contribution >= 4 is 23.5 Å². The van der Waals surface area contributed by atoms with Crippen LogP contribution in [0.2, 0.25) is 0 Å². The summed E-state index contributed by atoms with van der Waals surface area (Å²) in [6.45, 7) is 2.91. The van der Waals surface area contributed by atoms with Gasteiger partial charge < -0.3 is 14.5 Å². The van der Waals surface area contributed by atoms with E-state index in [0.29, 0.717) is 37.4 Å². The minimum absolute atomic E-state index is 0.0513. The lowest BCUT2D eigenvalue weighted by Gasteiger charge is -2.37. The average Bonchev–Trinajstić information content (AvgIpc) is 3.08. The summed E-state index contributed by atoms with van der Waals surface area (Å²) < 4.78 is 5.74. The van der Waals surface area contributed by atoms with Gasteiger partial charge in [-0.1, -0.05) is 36.4 Å². The van der Waals surface area contributed by atoms with E-state index < -0.39 is 6.10 Å². The van der Waals surface area contributed by atoms with Gasteiger partial charge in [0.15, 0.2) is 6.10 Å². The minimum Gasteiger partial charge on any atom is -0.481 e. The number of urea groups is 1. The van der Waals surface area contributed by atoms with Gasteiger partial charge in [0.2, 0.25) is 0 Å². The summed E-state index contributed by atoms with van der Waals surface area (Å²) in [6.07, 6.45) is 0.712. The molecule has 0 bridgehead atoms. The van der Waals surface area contributed by atoms with E-state index in [1.165, 1.54) is 4.90 Å². The predicted molar refractivity (Wildman–Crippen MR) is 112 cm³/mol. The summed E-state index contributed by atoms with van der Waals surface area (Å²) >= 11 is 0. The maximum absolute atomic E-state index is 12.9. The number of amides is 4. The van der Waals surface area contributed by atoms with Crippen molar-refractivity contribution in [1.82, 2.24) is 9.80 Å². The van der Waals surface area contributed by atoms with Gasteiger partial charge in [-0.3, -0.25) is 9.59 Å². The number of ether oxygens (including phenoxy) is 1. The van der Waals surface area contributed by atoms with Crippen LogP contribution < -0.4 is 9.64 Å². The molecule has 2 heterocycles. The Balaban J connectivity index is 1.34. The molecule has 156 valence electrons. The molecule has 1 atom stereocenters. The Morgan fingerprint density at radius 3 is 2.20 bits per heavy atom. The van der Waals surface area contributed by atoms with E-state index in [9.17, 15) is 14.4 Å². The number of carbonyl (C=O) groups excluding carboxylic acids is 3. The third-order valence-corrected chi connectivity index (χ3v) is 5.63. The third kappa shape index (κ3) is 4.01. The standard InChI is InChI=1S/C23H25N3O4/c1-17(30-20-10-6-3-7-11-20)22(28)24-14-12-18(13-15-24)25-16-21(27)26(23(25)29)19-8-4-2-5-9-19/h2-11,17-18H,12-16H2,1H3. The molecule has 7 heteroatoms. The number of anilines is 1. The lowest BCUT2D eigenvalue weighted by Crippen LogP contribution is -2.50. The first kappa shape index (κ1) is 19.9. The molecule has 2 saturated heterocycles. The zero-order chi connectivity index (χ0) is 21.1. The van der Waals surface area contributed by atoms with Crippen molar-refractivity contribution in [3.8, 4) is 5.75 Å². The molecule has 2 aromatic carbocycles. The fraction of sp³-hybridized carbons (Fsp3) is 0.348. The van der Waals surface area contributed by atoms with Crippen LogP contribution in [-0.4, -0.2) is 59.4 Å². The van der Waals surface area contributed by atoms with Crippen molar-refractivity contribution in [3.63, 3.8) is 0 Å². The number of imide groups is 1. The number of hydrogen-bond donors (Lipinski definition) is 0. The van der Waals surface area contributed by atoms with E-state index in [2.05, 4.69) is 0 Å². The Bertz CT molecular complexity index is 911. The first-order valence-corrected chi connectivity index (χ1v) is 10.2. The van der Waals surface area contributed by atoms with Crippen molar-refractivity contribution in [1.29, 1.82) is 0 Å². The second kappa shape index (κ2) is 8.57. The minimum atomic E-state index is -0.576. The molecule has 0 spiro atoms. The fourth-order valence-electron chi connectivity index (χ4n) is 4.04. The quantitative estimate of drug-likeness (QED) is 0.715. The molecule has 7 nitrogen and oxygen atoms in total. The van der Waals surface area contributed by atoms with Crippen molar-refractivity contribution < 1.29 is 19.1 Å². The maximum atomic E-state index is 12.9. The number of carbonyl (C=O) groups is 3. The third-order valence-electron chi connectivity index (χ3n) is 5.63. The highest BCUT2D eigenvalue weighted by Gasteiger charge is 2.42. The topological polar surface area (TPSA) is 70.2 Å². The lowest BCUT2D eigenvalue weighted by molar-refractivity contribution is -0.139. The normalized spacial score (nSPS) is 18.6.